The first-order valence-corrected chi connectivity index (χ1v) is 7.92. The van der Waals surface area contributed by atoms with Crippen molar-refractivity contribution in [2.75, 3.05) is 0 Å². The maximum absolute atomic E-state index is 12.2. The lowest BCUT2D eigenvalue weighted by molar-refractivity contribution is -0.124. The van der Waals surface area contributed by atoms with E-state index in [4.69, 9.17) is 11.6 Å². The van der Waals surface area contributed by atoms with Gasteiger partial charge >= 0.3 is 0 Å². The Labute approximate surface area is 131 Å². The lowest BCUT2D eigenvalue weighted by Gasteiger charge is -2.28. The molecule has 2 unspecified atom stereocenters. The molecule has 0 spiro atoms. The van der Waals surface area contributed by atoms with Gasteiger partial charge in [-0.3, -0.25) is 4.79 Å². The largest absolute Gasteiger partial charge is 0.299 e. The Morgan fingerprint density at radius 1 is 1.05 bits per heavy atom. The maximum Gasteiger partial charge on any atom is 0.136 e. The molecule has 0 heterocycles. The first-order valence-electron chi connectivity index (χ1n) is 7.54. The van der Waals surface area contributed by atoms with Crippen LogP contribution in [-0.4, -0.2) is 5.78 Å². The summed E-state index contributed by atoms with van der Waals surface area (Å²) in [7, 11) is 0. The topological polar surface area (TPSA) is 17.1 Å². The van der Waals surface area contributed by atoms with Crippen LogP contribution in [0, 0.1) is 5.92 Å². The van der Waals surface area contributed by atoms with Crippen LogP contribution in [0.1, 0.15) is 36.3 Å². The van der Waals surface area contributed by atoms with Gasteiger partial charge in [0.1, 0.15) is 5.78 Å². The Morgan fingerprint density at radius 3 is 2.62 bits per heavy atom. The minimum atomic E-state index is 0.127. The van der Waals surface area contributed by atoms with E-state index in [1.54, 1.807) is 0 Å². The van der Waals surface area contributed by atoms with Crippen LogP contribution in [0.2, 0.25) is 5.02 Å². The number of benzene rings is 2. The summed E-state index contributed by atoms with van der Waals surface area (Å²) in [5, 5.41) is 0.746. The molecule has 0 aromatic heterocycles. The van der Waals surface area contributed by atoms with Gasteiger partial charge in [0.25, 0.3) is 0 Å². The smallest absolute Gasteiger partial charge is 0.136 e. The number of hydrogen-bond donors (Lipinski definition) is 0. The third-order valence-electron chi connectivity index (χ3n) is 4.41. The van der Waals surface area contributed by atoms with E-state index < -0.39 is 0 Å². The van der Waals surface area contributed by atoms with Gasteiger partial charge in [-0.2, -0.15) is 0 Å². The molecular formula is C19H19ClO. The molecule has 0 aliphatic heterocycles. The Morgan fingerprint density at radius 2 is 1.86 bits per heavy atom. The van der Waals surface area contributed by atoms with Gasteiger partial charge in [-0.1, -0.05) is 54.1 Å². The van der Waals surface area contributed by atoms with Gasteiger partial charge in [-0.05, 0) is 48.4 Å². The number of carbonyl (C=O) groups is 1. The third kappa shape index (κ3) is 3.54. The number of carbonyl (C=O) groups excluding carboxylic acids is 1. The molecule has 0 N–H and O–H groups in total. The predicted octanol–water partition coefficient (Wildman–Crippen LogP) is 5.04. The van der Waals surface area contributed by atoms with Crippen molar-refractivity contribution in [3.8, 4) is 0 Å². The van der Waals surface area contributed by atoms with E-state index in [0.717, 1.165) is 29.8 Å². The molecule has 1 aliphatic carbocycles. The molecule has 2 heteroatoms. The van der Waals surface area contributed by atoms with Crippen molar-refractivity contribution in [1.29, 1.82) is 0 Å². The van der Waals surface area contributed by atoms with Crippen LogP contribution >= 0.6 is 11.6 Å². The summed E-state index contributed by atoms with van der Waals surface area (Å²) in [6, 6.07) is 18.4. The van der Waals surface area contributed by atoms with Crippen molar-refractivity contribution in [2.24, 2.45) is 5.92 Å². The molecule has 0 amide bonds. The van der Waals surface area contributed by atoms with Gasteiger partial charge in [0.2, 0.25) is 0 Å². The second-order valence-corrected chi connectivity index (χ2v) is 6.32. The van der Waals surface area contributed by atoms with E-state index in [-0.39, 0.29) is 5.92 Å². The van der Waals surface area contributed by atoms with Gasteiger partial charge in [0, 0.05) is 17.4 Å². The fourth-order valence-electron chi connectivity index (χ4n) is 3.29. The first-order chi connectivity index (χ1) is 10.2. The molecule has 0 saturated heterocycles. The van der Waals surface area contributed by atoms with Crippen molar-refractivity contribution >= 4 is 17.4 Å². The third-order valence-corrected chi connectivity index (χ3v) is 4.64. The zero-order valence-corrected chi connectivity index (χ0v) is 12.7. The van der Waals surface area contributed by atoms with Gasteiger partial charge in [0.15, 0.2) is 0 Å². The predicted molar refractivity (Wildman–Crippen MR) is 86.7 cm³/mol. The van der Waals surface area contributed by atoms with E-state index in [1.807, 2.05) is 24.3 Å². The van der Waals surface area contributed by atoms with Crippen LogP contribution < -0.4 is 0 Å². The lowest BCUT2D eigenvalue weighted by Crippen LogP contribution is -2.25. The van der Waals surface area contributed by atoms with Crippen LogP contribution in [0.4, 0.5) is 0 Å². The highest BCUT2D eigenvalue weighted by atomic mass is 35.5. The average molecular weight is 299 g/mol. The summed E-state index contributed by atoms with van der Waals surface area (Å²) in [6.45, 7) is 0. The number of ketones is 1. The molecule has 2 atom stereocenters. The van der Waals surface area contributed by atoms with Gasteiger partial charge in [-0.15, -0.1) is 0 Å². The summed E-state index contributed by atoms with van der Waals surface area (Å²) >= 11 is 6.04. The first kappa shape index (κ1) is 14.3. The molecule has 2 aromatic carbocycles. The number of Topliss-reactive ketones (excluding diaryl/α,β-unsaturated/α-hetero) is 1. The van der Waals surface area contributed by atoms with Gasteiger partial charge in [-0.25, -0.2) is 0 Å². The van der Waals surface area contributed by atoms with Crippen LogP contribution in [0.3, 0.4) is 0 Å². The Bertz CT molecular complexity index is 620. The van der Waals surface area contributed by atoms with Gasteiger partial charge < -0.3 is 0 Å². The van der Waals surface area contributed by atoms with Crippen molar-refractivity contribution in [2.45, 2.75) is 31.6 Å². The highest BCUT2D eigenvalue weighted by Gasteiger charge is 2.29. The molecule has 0 bridgehead atoms. The summed E-state index contributed by atoms with van der Waals surface area (Å²) in [6.07, 6.45) is 3.44. The molecule has 1 aliphatic rings. The van der Waals surface area contributed by atoms with E-state index in [9.17, 15) is 4.79 Å². The maximum atomic E-state index is 12.2. The summed E-state index contributed by atoms with van der Waals surface area (Å²) < 4.78 is 0. The minimum Gasteiger partial charge on any atom is -0.299 e. The van der Waals surface area contributed by atoms with E-state index in [1.165, 1.54) is 5.56 Å². The Kier molecular flexibility index (Phi) is 4.40. The summed E-state index contributed by atoms with van der Waals surface area (Å²) in [5.74, 6) is 1.04. The van der Waals surface area contributed by atoms with Crippen molar-refractivity contribution in [1.82, 2.24) is 0 Å². The standard InChI is InChI=1S/C19H19ClO/c20-18-8-4-5-14(12-18)11-17-13-16(9-10-19(17)21)15-6-2-1-3-7-15/h1-8,12,16-17H,9-11,13H2. The molecule has 1 nitrogen and oxygen atoms in total. The van der Waals surface area contributed by atoms with E-state index in [2.05, 4.69) is 30.3 Å². The van der Waals surface area contributed by atoms with Gasteiger partial charge in [0.05, 0.1) is 0 Å². The summed E-state index contributed by atoms with van der Waals surface area (Å²) in [5.41, 5.74) is 2.52. The molecule has 21 heavy (non-hydrogen) atoms. The van der Waals surface area contributed by atoms with Crippen LogP contribution in [0.15, 0.2) is 54.6 Å². The number of rotatable bonds is 3. The average Bonchev–Trinajstić information content (AvgIpc) is 2.50. The monoisotopic (exact) mass is 298 g/mol. The fourth-order valence-corrected chi connectivity index (χ4v) is 3.50. The molecule has 108 valence electrons. The Hall–Kier alpha value is -1.60. The Balaban J connectivity index is 1.73. The zero-order valence-electron chi connectivity index (χ0n) is 12.0. The molecule has 0 radical (unpaired) electrons. The van der Waals surface area contributed by atoms with Crippen molar-refractivity contribution < 1.29 is 4.79 Å². The molecular weight excluding hydrogens is 280 g/mol. The lowest BCUT2D eigenvalue weighted by atomic mass is 9.75. The SMILES string of the molecule is O=C1CCC(c2ccccc2)CC1Cc1cccc(Cl)c1. The van der Waals surface area contributed by atoms with Crippen molar-refractivity contribution in [3.05, 3.63) is 70.7 Å². The second-order valence-electron chi connectivity index (χ2n) is 5.88. The van der Waals surface area contributed by atoms with Crippen LogP contribution in [-0.2, 0) is 11.2 Å². The molecule has 1 saturated carbocycles. The van der Waals surface area contributed by atoms with Crippen LogP contribution in [0.5, 0.6) is 0 Å². The highest BCUT2D eigenvalue weighted by Crippen LogP contribution is 2.35. The van der Waals surface area contributed by atoms with Crippen molar-refractivity contribution in [3.63, 3.8) is 0 Å². The number of hydrogen-bond acceptors (Lipinski definition) is 1. The molecule has 2 aromatic rings. The van der Waals surface area contributed by atoms with E-state index >= 15 is 0 Å². The zero-order chi connectivity index (χ0) is 14.7. The minimum absolute atomic E-state index is 0.127. The highest BCUT2D eigenvalue weighted by molar-refractivity contribution is 6.30. The van der Waals surface area contributed by atoms with E-state index in [0.29, 0.717) is 18.1 Å². The normalized spacial score (nSPS) is 22.2. The second kappa shape index (κ2) is 6.44. The molecule has 1 fully saturated rings. The molecule has 3 rings (SSSR count). The summed E-state index contributed by atoms with van der Waals surface area (Å²) in [4.78, 5) is 12.2. The quantitative estimate of drug-likeness (QED) is 0.776. The number of halogens is 1. The fraction of sp³-hybridized carbons (Fsp3) is 0.316. The van der Waals surface area contributed by atoms with Crippen LogP contribution in [0.25, 0.3) is 0 Å².